The van der Waals surface area contributed by atoms with Crippen molar-refractivity contribution in [3.05, 3.63) is 30.1 Å². The predicted octanol–water partition coefficient (Wildman–Crippen LogP) is 0.886. The van der Waals surface area contributed by atoms with E-state index in [0.717, 1.165) is 12.1 Å². The zero-order chi connectivity index (χ0) is 16.8. The zero-order valence-electron chi connectivity index (χ0n) is 13.3. The first kappa shape index (κ1) is 21.8. The van der Waals surface area contributed by atoms with Gasteiger partial charge in [0, 0.05) is 13.1 Å². The topological polar surface area (TPSA) is 87.3 Å². The molecule has 1 amide bonds. The number of benzene rings is 1. The van der Waals surface area contributed by atoms with Crippen molar-refractivity contribution in [3.63, 3.8) is 0 Å². The third-order valence-corrected chi connectivity index (χ3v) is 4.51. The molecule has 1 unspecified atom stereocenters. The van der Waals surface area contributed by atoms with E-state index in [4.69, 9.17) is 0 Å². The SMILES string of the molecule is CNCCNC(=O)C(NS(=O)(=O)c1ccccc1F)C(C)C.Cl. The maximum atomic E-state index is 13.7. The van der Waals surface area contributed by atoms with E-state index in [1.807, 2.05) is 0 Å². The number of halogens is 2. The molecule has 0 fully saturated rings. The molecule has 0 aliphatic carbocycles. The summed E-state index contributed by atoms with van der Waals surface area (Å²) >= 11 is 0. The van der Waals surface area contributed by atoms with Crippen molar-refractivity contribution < 1.29 is 17.6 Å². The Morgan fingerprint density at radius 3 is 2.35 bits per heavy atom. The molecule has 0 aliphatic heterocycles. The minimum atomic E-state index is -4.11. The van der Waals surface area contributed by atoms with Crippen molar-refractivity contribution in [2.75, 3.05) is 20.1 Å². The van der Waals surface area contributed by atoms with Crippen LogP contribution in [0, 0.1) is 11.7 Å². The summed E-state index contributed by atoms with van der Waals surface area (Å²) in [6.45, 7) is 4.37. The van der Waals surface area contributed by atoms with E-state index in [-0.39, 0.29) is 18.3 Å². The molecular weight excluding hydrogens is 345 g/mol. The molecule has 23 heavy (non-hydrogen) atoms. The molecule has 0 saturated heterocycles. The van der Waals surface area contributed by atoms with Gasteiger partial charge in [0.1, 0.15) is 16.8 Å². The first-order chi connectivity index (χ1) is 10.3. The summed E-state index contributed by atoms with van der Waals surface area (Å²) in [5.74, 6) is -1.57. The normalized spacial score (nSPS) is 12.6. The van der Waals surface area contributed by atoms with Gasteiger partial charge in [-0.05, 0) is 25.1 Å². The summed E-state index contributed by atoms with van der Waals surface area (Å²) in [6, 6.07) is 4.08. The van der Waals surface area contributed by atoms with E-state index in [0.29, 0.717) is 13.1 Å². The Morgan fingerprint density at radius 1 is 1.22 bits per heavy atom. The van der Waals surface area contributed by atoms with Gasteiger partial charge in [-0.3, -0.25) is 4.79 Å². The number of nitrogens with one attached hydrogen (secondary N) is 3. The average molecular weight is 368 g/mol. The van der Waals surface area contributed by atoms with Crippen molar-refractivity contribution in [1.29, 1.82) is 0 Å². The molecule has 9 heteroatoms. The quantitative estimate of drug-likeness (QED) is 0.595. The largest absolute Gasteiger partial charge is 0.353 e. The fourth-order valence-electron chi connectivity index (χ4n) is 1.81. The molecule has 0 aromatic heterocycles. The smallest absolute Gasteiger partial charge is 0.244 e. The van der Waals surface area contributed by atoms with Crippen LogP contribution in [0.25, 0.3) is 0 Å². The number of carbonyl (C=O) groups excluding carboxylic acids is 1. The Kier molecular flexibility index (Phi) is 9.29. The van der Waals surface area contributed by atoms with Crippen molar-refractivity contribution >= 4 is 28.3 Å². The van der Waals surface area contributed by atoms with Crippen LogP contribution in [0.1, 0.15) is 13.8 Å². The van der Waals surface area contributed by atoms with Crippen molar-refractivity contribution in [2.24, 2.45) is 5.92 Å². The second-order valence-electron chi connectivity index (χ2n) is 5.17. The van der Waals surface area contributed by atoms with Crippen molar-refractivity contribution in [2.45, 2.75) is 24.8 Å². The molecule has 6 nitrogen and oxygen atoms in total. The Bertz CT molecular complexity index is 611. The highest BCUT2D eigenvalue weighted by Gasteiger charge is 2.29. The first-order valence-corrected chi connectivity index (χ1v) is 8.47. The maximum absolute atomic E-state index is 13.7. The van der Waals surface area contributed by atoms with Gasteiger partial charge in [0.25, 0.3) is 0 Å². The first-order valence-electron chi connectivity index (χ1n) is 6.98. The number of likely N-dealkylation sites (N-methyl/N-ethyl adjacent to an activating group) is 1. The van der Waals surface area contributed by atoms with E-state index in [1.165, 1.54) is 12.1 Å². The van der Waals surface area contributed by atoms with Gasteiger partial charge in [-0.1, -0.05) is 26.0 Å². The molecule has 0 radical (unpaired) electrons. The van der Waals surface area contributed by atoms with Crippen molar-refractivity contribution in [3.8, 4) is 0 Å². The highest BCUT2D eigenvalue weighted by atomic mass is 35.5. The van der Waals surface area contributed by atoms with E-state index in [2.05, 4.69) is 15.4 Å². The van der Waals surface area contributed by atoms with Crippen LogP contribution in [0.15, 0.2) is 29.2 Å². The minimum Gasteiger partial charge on any atom is -0.353 e. The van der Waals surface area contributed by atoms with E-state index in [9.17, 15) is 17.6 Å². The lowest BCUT2D eigenvalue weighted by Crippen LogP contribution is -2.50. The average Bonchev–Trinajstić information content (AvgIpc) is 2.45. The Balaban J connectivity index is 0.00000484. The lowest BCUT2D eigenvalue weighted by molar-refractivity contribution is -0.123. The second kappa shape index (κ2) is 9.82. The monoisotopic (exact) mass is 367 g/mol. The third kappa shape index (κ3) is 6.42. The van der Waals surface area contributed by atoms with Gasteiger partial charge >= 0.3 is 0 Å². The van der Waals surface area contributed by atoms with Crippen LogP contribution in [-0.4, -0.2) is 40.5 Å². The molecule has 1 aromatic rings. The summed E-state index contributed by atoms with van der Waals surface area (Å²) in [6.07, 6.45) is 0. The fourth-order valence-corrected chi connectivity index (χ4v) is 3.23. The van der Waals surface area contributed by atoms with Gasteiger partial charge in [0.15, 0.2) is 0 Å². The number of carbonyl (C=O) groups is 1. The van der Waals surface area contributed by atoms with E-state index >= 15 is 0 Å². The third-order valence-electron chi connectivity index (χ3n) is 3.03. The van der Waals surface area contributed by atoms with Crippen LogP contribution in [0.3, 0.4) is 0 Å². The van der Waals surface area contributed by atoms with Crippen LogP contribution in [0.4, 0.5) is 4.39 Å². The molecule has 3 N–H and O–H groups in total. The molecule has 0 bridgehead atoms. The summed E-state index contributed by atoms with van der Waals surface area (Å²) in [4.78, 5) is 11.6. The van der Waals surface area contributed by atoms with E-state index in [1.54, 1.807) is 20.9 Å². The van der Waals surface area contributed by atoms with Crippen LogP contribution in [0.5, 0.6) is 0 Å². The molecular formula is C14H23ClFN3O3S. The van der Waals surface area contributed by atoms with Gasteiger partial charge < -0.3 is 10.6 Å². The molecule has 0 spiro atoms. The minimum absolute atomic E-state index is 0. The molecule has 0 saturated carbocycles. The highest BCUT2D eigenvalue weighted by molar-refractivity contribution is 7.89. The summed E-state index contributed by atoms with van der Waals surface area (Å²) in [5.41, 5.74) is 0. The zero-order valence-corrected chi connectivity index (χ0v) is 14.9. The number of hydrogen-bond acceptors (Lipinski definition) is 4. The van der Waals surface area contributed by atoms with Crippen LogP contribution in [-0.2, 0) is 14.8 Å². The van der Waals surface area contributed by atoms with Gasteiger partial charge in [-0.15, -0.1) is 12.4 Å². The summed E-state index contributed by atoms with van der Waals surface area (Å²) in [5, 5.41) is 5.50. The molecule has 1 aromatic carbocycles. The van der Waals surface area contributed by atoms with Gasteiger partial charge in [-0.25, -0.2) is 12.8 Å². The van der Waals surface area contributed by atoms with Gasteiger partial charge in [-0.2, -0.15) is 4.72 Å². The second-order valence-corrected chi connectivity index (χ2v) is 6.85. The fraction of sp³-hybridized carbons (Fsp3) is 0.500. The Labute approximate surface area is 142 Å². The van der Waals surface area contributed by atoms with Crippen molar-refractivity contribution in [1.82, 2.24) is 15.4 Å². The molecule has 0 heterocycles. The predicted molar refractivity (Wildman–Crippen MR) is 89.5 cm³/mol. The molecule has 132 valence electrons. The molecule has 1 rings (SSSR count). The lowest BCUT2D eigenvalue weighted by atomic mass is 10.1. The Morgan fingerprint density at radius 2 is 1.83 bits per heavy atom. The standard InChI is InChI=1S/C14H22FN3O3S.ClH/c1-10(2)13(14(19)17-9-8-16-3)18-22(20,21)12-7-5-4-6-11(12)15;/h4-7,10,13,16,18H,8-9H2,1-3H3,(H,17,19);1H. The number of sulfonamides is 1. The van der Waals surface area contributed by atoms with Crippen LogP contribution < -0.4 is 15.4 Å². The van der Waals surface area contributed by atoms with Crippen LogP contribution in [0.2, 0.25) is 0 Å². The maximum Gasteiger partial charge on any atom is 0.244 e. The number of amides is 1. The molecule has 0 aliphatic rings. The molecule has 1 atom stereocenters. The highest BCUT2D eigenvalue weighted by Crippen LogP contribution is 2.15. The summed E-state index contributed by atoms with van der Waals surface area (Å²) < 4.78 is 40.5. The van der Waals surface area contributed by atoms with Gasteiger partial charge in [0.2, 0.25) is 15.9 Å². The Hall–Kier alpha value is -1.22. The van der Waals surface area contributed by atoms with Gasteiger partial charge in [0.05, 0.1) is 0 Å². The van der Waals surface area contributed by atoms with E-state index < -0.39 is 32.7 Å². The van der Waals surface area contributed by atoms with Crippen LogP contribution >= 0.6 is 12.4 Å². The lowest BCUT2D eigenvalue weighted by Gasteiger charge is -2.21. The summed E-state index contributed by atoms with van der Waals surface area (Å²) in [7, 11) is -2.37. The number of rotatable bonds is 8. The number of hydrogen-bond donors (Lipinski definition) is 3.